The zero-order valence-electron chi connectivity index (χ0n) is 10.1. The molecule has 0 spiro atoms. The van der Waals surface area contributed by atoms with Gasteiger partial charge in [0.25, 0.3) is 0 Å². The fourth-order valence-electron chi connectivity index (χ4n) is 1.43. The van der Waals surface area contributed by atoms with E-state index in [4.69, 9.17) is 5.11 Å². The maximum atomic E-state index is 8.87. The van der Waals surface area contributed by atoms with E-state index < -0.39 is 0 Å². The molecule has 86 valence electrons. The maximum Gasteiger partial charge on any atom is 0.0558 e. The first-order valence-electron chi connectivity index (χ1n) is 5.66. The number of nitrogens with zero attached hydrogens (tertiary/aromatic N) is 1. The second-order valence-corrected chi connectivity index (χ2v) is 4.32. The van der Waals surface area contributed by atoms with E-state index in [9.17, 15) is 0 Å². The van der Waals surface area contributed by atoms with E-state index in [2.05, 4.69) is 37.9 Å². The third-order valence-corrected chi connectivity index (χ3v) is 2.29. The van der Waals surface area contributed by atoms with Crippen LogP contribution in [0.5, 0.6) is 0 Å². The highest BCUT2D eigenvalue weighted by Crippen LogP contribution is 1.98. The maximum absolute atomic E-state index is 8.87. The van der Waals surface area contributed by atoms with Gasteiger partial charge in [-0.1, -0.05) is 13.8 Å². The molecule has 0 amide bonds. The van der Waals surface area contributed by atoms with Gasteiger partial charge in [-0.25, -0.2) is 0 Å². The van der Waals surface area contributed by atoms with Gasteiger partial charge in [0.15, 0.2) is 0 Å². The number of rotatable bonds is 8. The van der Waals surface area contributed by atoms with Crippen LogP contribution in [-0.4, -0.2) is 48.3 Å². The van der Waals surface area contributed by atoms with Crippen LogP contribution >= 0.6 is 0 Å². The van der Waals surface area contributed by atoms with Crippen molar-refractivity contribution < 1.29 is 5.11 Å². The molecule has 3 nitrogen and oxygen atoms in total. The van der Waals surface area contributed by atoms with Crippen LogP contribution in [0.25, 0.3) is 0 Å². The predicted molar refractivity (Wildman–Crippen MR) is 61.6 cm³/mol. The predicted octanol–water partition coefficient (Wildman–Crippen LogP) is 1.08. The first-order chi connectivity index (χ1) is 6.57. The molecule has 0 aromatic rings. The van der Waals surface area contributed by atoms with Gasteiger partial charge in [-0.05, 0) is 33.4 Å². The zero-order chi connectivity index (χ0) is 11.0. The van der Waals surface area contributed by atoms with Gasteiger partial charge >= 0.3 is 0 Å². The number of hydrogen-bond donors (Lipinski definition) is 2. The van der Waals surface area contributed by atoms with E-state index >= 15 is 0 Å². The van der Waals surface area contributed by atoms with E-state index in [1.165, 1.54) is 0 Å². The second kappa shape index (κ2) is 8.21. The molecule has 0 aliphatic heterocycles. The molecule has 14 heavy (non-hydrogen) atoms. The fraction of sp³-hybridized carbons (Fsp3) is 1.00. The van der Waals surface area contributed by atoms with Crippen LogP contribution in [0.4, 0.5) is 0 Å². The van der Waals surface area contributed by atoms with E-state index in [0.717, 1.165) is 26.1 Å². The van der Waals surface area contributed by atoms with Gasteiger partial charge in [0.05, 0.1) is 6.61 Å². The normalized spacial score (nSPS) is 12.0. The number of aliphatic hydroxyl groups is 1. The van der Waals surface area contributed by atoms with E-state index in [1.54, 1.807) is 0 Å². The highest BCUT2D eigenvalue weighted by Gasteiger charge is 2.07. The molecule has 0 bridgehead atoms. The van der Waals surface area contributed by atoms with Crippen LogP contribution in [0.15, 0.2) is 0 Å². The molecule has 0 unspecified atom stereocenters. The Balaban J connectivity index is 3.50. The zero-order valence-corrected chi connectivity index (χ0v) is 10.1. The Labute approximate surface area is 88.5 Å². The van der Waals surface area contributed by atoms with Gasteiger partial charge in [-0.3, -0.25) is 4.90 Å². The van der Waals surface area contributed by atoms with Gasteiger partial charge in [0, 0.05) is 18.6 Å². The Hall–Kier alpha value is -0.120. The SMILES string of the molecule is CC(C)NCCCN(CCO)C(C)C. The first kappa shape index (κ1) is 13.9. The van der Waals surface area contributed by atoms with Gasteiger partial charge in [-0.15, -0.1) is 0 Å². The lowest BCUT2D eigenvalue weighted by atomic mass is 10.2. The van der Waals surface area contributed by atoms with E-state index in [0.29, 0.717) is 12.1 Å². The molecule has 0 aromatic carbocycles. The average molecular weight is 202 g/mol. The van der Waals surface area contributed by atoms with Crippen molar-refractivity contribution in [1.82, 2.24) is 10.2 Å². The summed E-state index contributed by atoms with van der Waals surface area (Å²) in [5, 5.41) is 12.3. The number of hydrogen-bond acceptors (Lipinski definition) is 3. The summed E-state index contributed by atoms with van der Waals surface area (Å²) in [6.45, 7) is 11.8. The molecule has 0 rings (SSSR count). The second-order valence-electron chi connectivity index (χ2n) is 4.32. The summed E-state index contributed by atoms with van der Waals surface area (Å²) >= 11 is 0. The molecular formula is C11H26N2O. The minimum atomic E-state index is 0.260. The lowest BCUT2D eigenvalue weighted by Crippen LogP contribution is -2.36. The summed E-state index contributed by atoms with van der Waals surface area (Å²) in [5.41, 5.74) is 0. The van der Waals surface area contributed by atoms with Crippen LogP contribution in [-0.2, 0) is 0 Å². The quantitative estimate of drug-likeness (QED) is 0.578. The highest BCUT2D eigenvalue weighted by molar-refractivity contribution is 4.63. The first-order valence-corrected chi connectivity index (χ1v) is 5.66. The van der Waals surface area contributed by atoms with Crippen molar-refractivity contribution in [3.05, 3.63) is 0 Å². The monoisotopic (exact) mass is 202 g/mol. The van der Waals surface area contributed by atoms with Gasteiger partial charge in [-0.2, -0.15) is 0 Å². The Kier molecular flexibility index (Phi) is 8.14. The molecule has 0 radical (unpaired) electrons. The molecule has 0 heterocycles. The summed E-state index contributed by atoms with van der Waals surface area (Å²) in [6.07, 6.45) is 1.15. The molecule has 3 heteroatoms. The Morgan fingerprint density at radius 3 is 2.21 bits per heavy atom. The van der Waals surface area contributed by atoms with Crippen LogP contribution < -0.4 is 5.32 Å². The lowest BCUT2D eigenvalue weighted by molar-refractivity contribution is 0.164. The molecule has 0 saturated heterocycles. The van der Waals surface area contributed by atoms with E-state index in [1.807, 2.05) is 0 Å². The van der Waals surface area contributed by atoms with Crippen LogP contribution in [0.2, 0.25) is 0 Å². The molecule has 0 aromatic heterocycles. The molecule has 0 aliphatic rings. The minimum Gasteiger partial charge on any atom is -0.395 e. The highest BCUT2D eigenvalue weighted by atomic mass is 16.3. The molecule has 2 N–H and O–H groups in total. The summed E-state index contributed by atoms with van der Waals surface area (Å²) in [6, 6.07) is 1.10. The van der Waals surface area contributed by atoms with Crippen molar-refractivity contribution in [2.75, 3.05) is 26.2 Å². The lowest BCUT2D eigenvalue weighted by Gasteiger charge is -2.25. The molecule has 0 saturated carbocycles. The summed E-state index contributed by atoms with van der Waals surface area (Å²) < 4.78 is 0. The summed E-state index contributed by atoms with van der Waals surface area (Å²) in [7, 11) is 0. The molecule has 0 atom stereocenters. The Morgan fingerprint density at radius 2 is 1.79 bits per heavy atom. The molecule has 0 aliphatic carbocycles. The van der Waals surface area contributed by atoms with E-state index in [-0.39, 0.29) is 6.61 Å². The van der Waals surface area contributed by atoms with Crippen molar-refractivity contribution >= 4 is 0 Å². The third kappa shape index (κ3) is 7.30. The van der Waals surface area contributed by atoms with Crippen molar-refractivity contribution in [3.63, 3.8) is 0 Å². The van der Waals surface area contributed by atoms with Crippen molar-refractivity contribution in [1.29, 1.82) is 0 Å². The van der Waals surface area contributed by atoms with Crippen molar-refractivity contribution in [2.24, 2.45) is 0 Å². The summed E-state index contributed by atoms with van der Waals surface area (Å²) in [4.78, 5) is 2.31. The summed E-state index contributed by atoms with van der Waals surface area (Å²) in [5.74, 6) is 0. The fourth-order valence-corrected chi connectivity index (χ4v) is 1.43. The largest absolute Gasteiger partial charge is 0.395 e. The molecular weight excluding hydrogens is 176 g/mol. The van der Waals surface area contributed by atoms with Crippen LogP contribution in [0, 0.1) is 0 Å². The third-order valence-electron chi connectivity index (χ3n) is 2.29. The standard InChI is InChI=1S/C11H26N2O/c1-10(2)12-6-5-7-13(8-9-14)11(3)4/h10-12,14H,5-9H2,1-4H3. The Morgan fingerprint density at radius 1 is 1.14 bits per heavy atom. The van der Waals surface area contributed by atoms with Gasteiger partial charge in [0.2, 0.25) is 0 Å². The minimum absolute atomic E-state index is 0.260. The number of aliphatic hydroxyl groups excluding tert-OH is 1. The Bertz CT molecular complexity index is 126. The van der Waals surface area contributed by atoms with Crippen molar-refractivity contribution in [2.45, 2.75) is 46.2 Å². The topological polar surface area (TPSA) is 35.5 Å². The van der Waals surface area contributed by atoms with Crippen molar-refractivity contribution in [3.8, 4) is 0 Å². The average Bonchev–Trinajstić information content (AvgIpc) is 2.09. The smallest absolute Gasteiger partial charge is 0.0558 e. The number of nitrogens with one attached hydrogen (secondary N) is 1. The van der Waals surface area contributed by atoms with Crippen LogP contribution in [0.3, 0.4) is 0 Å². The van der Waals surface area contributed by atoms with Gasteiger partial charge < -0.3 is 10.4 Å². The van der Waals surface area contributed by atoms with Crippen LogP contribution in [0.1, 0.15) is 34.1 Å². The van der Waals surface area contributed by atoms with Gasteiger partial charge in [0.1, 0.15) is 0 Å². The molecule has 0 fully saturated rings.